The molecule has 0 aliphatic rings. The van der Waals surface area contributed by atoms with Gasteiger partial charge in [-0.3, -0.25) is 0 Å². The summed E-state index contributed by atoms with van der Waals surface area (Å²) >= 11 is 8.80. The summed E-state index contributed by atoms with van der Waals surface area (Å²) in [5.41, 5.74) is 5.43. The molecule has 0 amide bonds. The number of rotatable bonds is 2. The van der Waals surface area contributed by atoms with E-state index in [0.29, 0.717) is 6.54 Å². The van der Waals surface area contributed by atoms with Gasteiger partial charge in [-0.15, -0.1) is 21.5 Å². The molecule has 0 aliphatic carbocycles. The van der Waals surface area contributed by atoms with Gasteiger partial charge in [0, 0.05) is 6.54 Å². The highest BCUT2D eigenvalue weighted by molar-refractivity contribution is 7.23. The average Bonchev–Trinajstić information content (AvgIpc) is 2.71. The van der Waals surface area contributed by atoms with Crippen LogP contribution in [-0.4, -0.2) is 10.2 Å². The molecule has 68 valence electrons. The maximum atomic E-state index is 5.80. The van der Waals surface area contributed by atoms with Crippen LogP contribution in [0, 0.1) is 0 Å². The second-order valence-corrected chi connectivity index (χ2v) is 5.09. The third-order valence-electron chi connectivity index (χ3n) is 1.43. The first-order chi connectivity index (χ1) is 6.29. The molecule has 0 atom stereocenters. The van der Waals surface area contributed by atoms with E-state index in [0.717, 1.165) is 19.2 Å². The summed E-state index contributed by atoms with van der Waals surface area (Å²) in [6.07, 6.45) is 0. The third kappa shape index (κ3) is 1.88. The smallest absolute Gasteiger partial charge is 0.157 e. The Kier molecular flexibility index (Phi) is 2.59. The Hall–Kier alpha value is -0.490. The summed E-state index contributed by atoms with van der Waals surface area (Å²) in [6.45, 7) is 0.441. The van der Waals surface area contributed by atoms with Crippen molar-refractivity contribution in [3.05, 3.63) is 21.5 Å². The zero-order valence-electron chi connectivity index (χ0n) is 6.53. The van der Waals surface area contributed by atoms with E-state index >= 15 is 0 Å². The fourth-order valence-electron chi connectivity index (χ4n) is 0.865. The molecular weight excluding hydrogens is 226 g/mol. The first-order valence-electron chi connectivity index (χ1n) is 3.58. The van der Waals surface area contributed by atoms with Gasteiger partial charge in [0.2, 0.25) is 0 Å². The van der Waals surface area contributed by atoms with Crippen molar-refractivity contribution < 1.29 is 0 Å². The number of nitrogens with zero attached hydrogens (tertiary/aromatic N) is 2. The van der Waals surface area contributed by atoms with Crippen LogP contribution in [0.25, 0.3) is 9.88 Å². The molecule has 0 fully saturated rings. The highest BCUT2D eigenvalue weighted by Crippen LogP contribution is 2.32. The van der Waals surface area contributed by atoms with Gasteiger partial charge in [0.05, 0.1) is 9.21 Å². The van der Waals surface area contributed by atoms with E-state index in [-0.39, 0.29) is 0 Å². The lowest BCUT2D eigenvalue weighted by molar-refractivity contribution is 0.961. The summed E-state index contributed by atoms with van der Waals surface area (Å²) in [5.74, 6) is 0. The predicted octanol–water partition coefficient (Wildman–Crippen LogP) is 2.38. The molecule has 2 N–H and O–H groups in total. The van der Waals surface area contributed by atoms with Crippen LogP contribution in [0.5, 0.6) is 0 Å². The molecule has 2 aromatic rings. The molecule has 0 saturated carbocycles. The number of aromatic nitrogens is 2. The minimum Gasteiger partial charge on any atom is -0.324 e. The normalized spacial score (nSPS) is 10.6. The quantitative estimate of drug-likeness (QED) is 0.864. The van der Waals surface area contributed by atoms with Crippen LogP contribution in [-0.2, 0) is 6.54 Å². The molecule has 0 unspecified atom stereocenters. The molecule has 0 spiro atoms. The van der Waals surface area contributed by atoms with E-state index in [1.807, 2.05) is 12.1 Å². The summed E-state index contributed by atoms with van der Waals surface area (Å²) < 4.78 is 0.763. The van der Waals surface area contributed by atoms with Crippen molar-refractivity contribution in [2.45, 2.75) is 6.54 Å². The lowest BCUT2D eigenvalue weighted by Crippen LogP contribution is -1.94. The Morgan fingerprint density at radius 3 is 2.69 bits per heavy atom. The molecule has 2 heterocycles. The molecule has 6 heteroatoms. The summed E-state index contributed by atoms with van der Waals surface area (Å²) in [5, 5.41) is 9.67. The van der Waals surface area contributed by atoms with Crippen LogP contribution < -0.4 is 5.73 Å². The van der Waals surface area contributed by atoms with E-state index in [2.05, 4.69) is 10.2 Å². The third-order valence-corrected chi connectivity index (χ3v) is 3.77. The minimum atomic E-state index is 0.441. The van der Waals surface area contributed by atoms with Gasteiger partial charge in [-0.1, -0.05) is 22.9 Å². The Morgan fingerprint density at radius 1 is 1.31 bits per heavy atom. The highest BCUT2D eigenvalue weighted by Gasteiger charge is 2.07. The lowest BCUT2D eigenvalue weighted by Gasteiger charge is -1.83. The van der Waals surface area contributed by atoms with E-state index in [1.54, 1.807) is 0 Å². The molecule has 2 aromatic heterocycles. The summed E-state index contributed by atoms with van der Waals surface area (Å²) in [6, 6.07) is 3.79. The Labute approximate surface area is 88.2 Å². The Morgan fingerprint density at radius 2 is 2.15 bits per heavy atom. The van der Waals surface area contributed by atoms with E-state index in [1.165, 1.54) is 22.7 Å². The lowest BCUT2D eigenvalue weighted by atomic mass is 10.5. The SMILES string of the molecule is NCc1nnc(-c2ccc(Cl)s2)s1. The number of hydrogen-bond donors (Lipinski definition) is 1. The molecule has 0 saturated heterocycles. The maximum absolute atomic E-state index is 5.80. The van der Waals surface area contributed by atoms with Crippen LogP contribution in [0.1, 0.15) is 5.01 Å². The number of thiophene rings is 1. The van der Waals surface area contributed by atoms with Crippen molar-refractivity contribution in [2.75, 3.05) is 0 Å². The molecular formula is C7H6ClN3S2. The second kappa shape index (κ2) is 3.71. The number of hydrogen-bond acceptors (Lipinski definition) is 5. The van der Waals surface area contributed by atoms with Gasteiger partial charge in [0.25, 0.3) is 0 Å². The van der Waals surface area contributed by atoms with Crippen molar-refractivity contribution in [3.8, 4) is 9.88 Å². The van der Waals surface area contributed by atoms with E-state index in [4.69, 9.17) is 17.3 Å². The molecule has 13 heavy (non-hydrogen) atoms. The van der Waals surface area contributed by atoms with Gasteiger partial charge in [-0.2, -0.15) is 0 Å². The van der Waals surface area contributed by atoms with Crippen LogP contribution in [0.15, 0.2) is 12.1 Å². The number of nitrogens with two attached hydrogens (primary N) is 1. The van der Waals surface area contributed by atoms with Crippen molar-refractivity contribution in [2.24, 2.45) is 5.73 Å². The van der Waals surface area contributed by atoms with Crippen molar-refractivity contribution in [3.63, 3.8) is 0 Å². The van der Waals surface area contributed by atoms with Crippen molar-refractivity contribution in [1.29, 1.82) is 0 Å². The second-order valence-electron chi connectivity index (χ2n) is 2.31. The predicted molar refractivity (Wildman–Crippen MR) is 56.1 cm³/mol. The van der Waals surface area contributed by atoms with E-state index < -0.39 is 0 Å². The van der Waals surface area contributed by atoms with Gasteiger partial charge in [0.1, 0.15) is 5.01 Å². The molecule has 0 bridgehead atoms. The zero-order valence-corrected chi connectivity index (χ0v) is 8.92. The van der Waals surface area contributed by atoms with Gasteiger partial charge in [-0.05, 0) is 12.1 Å². The Balaban J connectivity index is 2.35. The van der Waals surface area contributed by atoms with Crippen molar-refractivity contribution >= 4 is 34.3 Å². The molecule has 0 aromatic carbocycles. The largest absolute Gasteiger partial charge is 0.324 e. The van der Waals surface area contributed by atoms with Crippen molar-refractivity contribution in [1.82, 2.24) is 10.2 Å². The first-order valence-corrected chi connectivity index (χ1v) is 5.59. The maximum Gasteiger partial charge on any atom is 0.157 e. The topological polar surface area (TPSA) is 51.8 Å². The van der Waals surface area contributed by atoms with Gasteiger partial charge in [-0.25, -0.2) is 0 Å². The van der Waals surface area contributed by atoms with E-state index in [9.17, 15) is 0 Å². The monoisotopic (exact) mass is 231 g/mol. The fraction of sp³-hybridized carbons (Fsp3) is 0.143. The molecule has 0 radical (unpaired) electrons. The zero-order chi connectivity index (χ0) is 9.26. The molecule has 2 rings (SSSR count). The van der Waals surface area contributed by atoms with Crippen LogP contribution in [0.4, 0.5) is 0 Å². The fourth-order valence-corrected chi connectivity index (χ4v) is 2.68. The summed E-state index contributed by atoms with van der Waals surface area (Å²) in [4.78, 5) is 1.04. The number of halogens is 1. The van der Waals surface area contributed by atoms with Gasteiger partial charge < -0.3 is 5.73 Å². The van der Waals surface area contributed by atoms with Crippen LogP contribution in [0.3, 0.4) is 0 Å². The van der Waals surface area contributed by atoms with Crippen LogP contribution in [0.2, 0.25) is 4.34 Å². The van der Waals surface area contributed by atoms with Gasteiger partial charge in [0.15, 0.2) is 5.01 Å². The standard InChI is InChI=1S/C7H6ClN3S2/c8-5-2-1-4(12-5)7-11-10-6(3-9)13-7/h1-2H,3,9H2. The Bertz CT molecular complexity index is 409. The minimum absolute atomic E-state index is 0.441. The molecule has 3 nitrogen and oxygen atoms in total. The summed E-state index contributed by atoms with van der Waals surface area (Å²) in [7, 11) is 0. The first kappa shape index (κ1) is 9.08. The average molecular weight is 232 g/mol. The molecule has 0 aliphatic heterocycles. The van der Waals surface area contributed by atoms with Crippen LogP contribution >= 0.6 is 34.3 Å². The van der Waals surface area contributed by atoms with Gasteiger partial charge >= 0.3 is 0 Å². The highest BCUT2D eigenvalue weighted by atomic mass is 35.5.